The van der Waals surface area contributed by atoms with Crippen LogP contribution in [0.2, 0.25) is 20.1 Å². The first-order chi connectivity index (χ1) is 46.1. The van der Waals surface area contributed by atoms with E-state index in [1.807, 2.05) is 5.10 Å². The third-order valence-corrected chi connectivity index (χ3v) is 13.4. The standard InChI is InChI=1S/C14H13ClF3N3O4.C14H14ClF2N3O4.C11H9ClF3N3O2.C11H7ClF3N3O2.C4H9O.C3H5BrO2.K.Li.H2O/c1-25-11(23)7-21-13(24)20(6-10(22)14(16,17)18)12(19-21)8-2-4-9(15)5-3-8;1-14(16,17)10(21)6-19-12(8-2-4-9(15)5-3-8)18-20(13(19)24)7-11(22)23;2*12-7-3-1-6(2-4-7)9-16-17-10(20)18(9)5-8(19)11(13,14)15;1-4(2,3)5;1-6-3(5)2-4;;;/h2-5,10,22H,6-7H2,1H3;2-5,10,21H,6-7H2,1H3,(H,22,23);1-4,8,19H,5H2,(H,17,20);1-4H,5H2,(H,17,20);1-3H3;2H2,1H3;;;1H2/q;;;;-1;;2*+1;/p-1/t2*10-;8-;;;;;;/m000....../s1. The van der Waals surface area contributed by atoms with Crippen molar-refractivity contribution in [2.45, 2.75) is 115 Å². The number of carboxylic acids is 1. The molecule has 4 aromatic carbocycles. The van der Waals surface area contributed by atoms with Crippen molar-refractivity contribution in [1.29, 1.82) is 0 Å². The smallest absolute Gasteiger partial charge is 0.870 e. The number of aromatic nitrogens is 12. The van der Waals surface area contributed by atoms with Gasteiger partial charge in [-0.05, 0) is 97.1 Å². The molecule has 8 rings (SSSR count). The van der Waals surface area contributed by atoms with Gasteiger partial charge in [0.15, 0.2) is 35.5 Å². The molecule has 0 saturated heterocycles. The molecule has 103 heavy (non-hydrogen) atoms. The van der Waals surface area contributed by atoms with Crippen molar-refractivity contribution >= 4 is 86.0 Å². The molecule has 0 saturated carbocycles. The van der Waals surface area contributed by atoms with E-state index >= 15 is 0 Å². The van der Waals surface area contributed by atoms with Crippen molar-refractivity contribution in [3.8, 4) is 45.6 Å². The minimum atomic E-state index is -5.01. The Kier molecular flexibility index (Phi) is 40.0. The van der Waals surface area contributed by atoms with Crippen molar-refractivity contribution in [3.63, 3.8) is 0 Å². The number of H-pyrrole nitrogens is 2. The van der Waals surface area contributed by atoms with Gasteiger partial charge in [0.25, 0.3) is 11.7 Å². The predicted molar refractivity (Wildman–Crippen MR) is 339 cm³/mol. The van der Waals surface area contributed by atoms with Gasteiger partial charge in [-0.25, -0.2) is 47.5 Å². The van der Waals surface area contributed by atoms with Gasteiger partial charge in [-0.1, -0.05) is 83.1 Å². The Labute approximate surface area is 656 Å². The summed E-state index contributed by atoms with van der Waals surface area (Å²) < 4.78 is 151. The number of aromatic amines is 2. The number of halogens is 16. The average Bonchev–Trinajstić information content (AvgIpc) is 1.66. The summed E-state index contributed by atoms with van der Waals surface area (Å²) in [5.74, 6) is -8.08. The van der Waals surface area contributed by atoms with Gasteiger partial charge in [0, 0.05) is 49.3 Å². The molecule has 0 spiro atoms. The van der Waals surface area contributed by atoms with Gasteiger partial charge >= 0.3 is 129 Å². The second-order valence-corrected chi connectivity index (χ2v) is 23.3. The fourth-order valence-corrected chi connectivity index (χ4v) is 7.85. The number of carbonyl (C=O) groups is 4. The maximum absolute atomic E-state index is 13.2. The maximum atomic E-state index is 13.2. The van der Waals surface area contributed by atoms with Crippen LogP contribution in [0.3, 0.4) is 0 Å². The van der Waals surface area contributed by atoms with Crippen LogP contribution >= 0.6 is 62.3 Å². The Morgan fingerprint density at radius 1 is 0.515 bits per heavy atom. The molecule has 0 fully saturated rings. The fourth-order valence-electron chi connectivity index (χ4n) is 7.12. The van der Waals surface area contributed by atoms with E-state index in [0.717, 1.165) is 16.2 Å². The summed E-state index contributed by atoms with van der Waals surface area (Å²) in [7, 11) is 2.45. The number of ketones is 1. The maximum Gasteiger partial charge on any atom is 1.00 e. The van der Waals surface area contributed by atoms with E-state index in [9.17, 15) is 102 Å². The van der Waals surface area contributed by atoms with E-state index < -0.39 is 128 Å². The molecule has 8 aromatic rings. The van der Waals surface area contributed by atoms with Gasteiger partial charge < -0.3 is 40.5 Å². The minimum Gasteiger partial charge on any atom is -0.870 e. The number of Topliss-reactive ketones (excluding diaryl/α,β-unsaturated/α-hetero) is 1. The number of aliphatic hydroxyl groups excluding tert-OH is 3. The number of rotatable bonds is 18. The molecule has 4 aromatic heterocycles. The van der Waals surface area contributed by atoms with Crippen molar-refractivity contribution in [2.75, 3.05) is 19.5 Å². The number of esters is 2. The number of aliphatic hydroxyl groups is 3. The van der Waals surface area contributed by atoms with E-state index in [4.69, 9.17) is 56.6 Å². The molecule has 0 aliphatic rings. The number of methoxy groups -OCH3 is 2. The summed E-state index contributed by atoms with van der Waals surface area (Å²) in [5.41, 5.74) is -2.95. The van der Waals surface area contributed by atoms with Gasteiger partial charge in [-0.3, -0.25) is 37.4 Å². The zero-order valence-electron chi connectivity index (χ0n) is 54.7. The molecule has 0 radical (unpaired) electrons. The van der Waals surface area contributed by atoms with E-state index in [1.165, 1.54) is 104 Å². The van der Waals surface area contributed by atoms with Crippen LogP contribution in [0.4, 0.5) is 48.3 Å². The number of hydrogen-bond acceptors (Lipinski definition) is 19. The largest absolute Gasteiger partial charge is 1.00 e. The molecule has 0 amide bonds. The summed E-state index contributed by atoms with van der Waals surface area (Å²) in [5, 5.41) is 67.9. The molecular formula is C57H58BrCl4F11KLiN12O16. The number of nitrogens with one attached hydrogen (secondary N) is 2. The molecular weight excluding hydrogens is 1590 g/mol. The third-order valence-electron chi connectivity index (χ3n) is 11.9. The summed E-state index contributed by atoms with van der Waals surface area (Å²) in [6.45, 7) is 0.240. The molecule has 0 aliphatic heterocycles. The minimum absolute atomic E-state index is 0. The van der Waals surface area contributed by atoms with Crippen LogP contribution in [-0.4, -0.2) is 176 Å². The monoisotopic (exact) mass is 1640 g/mol. The summed E-state index contributed by atoms with van der Waals surface area (Å²) in [6, 6.07) is 23.8. The second-order valence-electron chi connectivity index (χ2n) is 21.0. The van der Waals surface area contributed by atoms with Crippen LogP contribution in [0.5, 0.6) is 0 Å². The van der Waals surface area contributed by atoms with E-state index in [0.29, 0.717) is 67.8 Å². The summed E-state index contributed by atoms with van der Waals surface area (Å²) in [4.78, 5) is 90.5. The quantitative estimate of drug-likeness (QED) is 0.0305. The Morgan fingerprint density at radius 2 is 0.806 bits per heavy atom. The fraction of sp³-hybridized carbons (Fsp3) is 0.368. The van der Waals surface area contributed by atoms with Crippen LogP contribution in [0.25, 0.3) is 45.6 Å². The Bertz CT molecular complexity index is 4250. The molecule has 3 atom stereocenters. The number of ether oxygens (including phenoxy) is 2. The van der Waals surface area contributed by atoms with Crippen LogP contribution in [0, 0.1) is 0 Å². The number of benzene rings is 4. The van der Waals surface area contributed by atoms with Crippen molar-refractivity contribution in [1.82, 2.24) is 58.2 Å². The average molecular weight is 1640 g/mol. The van der Waals surface area contributed by atoms with E-state index in [-0.39, 0.29) is 110 Å². The zero-order valence-corrected chi connectivity index (χ0v) is 62.4. The Hall–Kier alpha value is -6.38. The number of hydrogen-bond donors (Lipinski definition) is 6. The van der Waals surface area contributed by atoms with Crippen molar-refractivity contribution in [3.05, 3.63) is 159 Å². The molecule has 0 aliphatic carbocycles. The van der Waals surface area contributed by atoms with Crippen LogP contribution in [-0.2, 0) is 67.9 Å². The van der Waals surface area contributed by atoms with Gasteiger partial charge in [-0.15, -0.1) is 15.8 Å². The number of aliphatic carboxylic acids is 1. The number of alkyl halides is 12. The Balaban J connectivity index is 0.00000127. The first kappa shape index (κ1) is 96.6. The summed E-state index contributed by atoms with van der Waals surface area (Å²) in [6.07, 6.45) is -22.3. The normalized spacial score (nSPS) is 12.1. The number of carboxylic acid groups (broad SMARTS) is 1. The van der Waals surface area contributed by atoms with E-state index in [1.54, 1.807) is 20.8 Å². The molecule has 46 heteroatoms. The van der Waals surface area contributed by atoms with Crippen molar-refractivity contribution in [2.24, 2.45) is 0 Å². The first-order valence-corrected chi connectivity index (χ1v) is 30.2. The second kappa shape index (κ2) is 42.7. The van der Waals surface area contributed by atoms with Crippen LogP contribution in [0.1, 0.15) is 27.7 Å². The third kappa shape index (κ3) is 32.1. The number of carbonyl (C=O) groups excluding carboxylic acids is 3. The molecule has 28 nitrogen and oxygen atoms in total. The van der Waals surface area contributed by atoms with Gasteiger partial charge in [-0.2, -0.15) is 49.7 Å². The zero-order chi connectivity index (χ0) is 76.2. The Morgan fingerprint density at radius 3 is 1.09 bits per heavy atom. The topological polar surface area (TPSA) is 402 Å². The molecule has 4 heterocycles. The van der Waals surface area contributed by atoms with Crippen molar-refractivity contribution < 1.29 is 178 Å². The first-order valence-electron chi connectivity index (χ1n) is 27.6. The molecule has 556 valence electrons. The molecule has 7 N–H and O–H groups in total. The van der Waals surface area contributed by atoms with Crippen LogP contribution < -0.4 is 98.1 Å². The summed E-state index contributed by atoms with van der Waals surface area (Å²) >= 11 is 25.8. The predicted octanol–water partition coefficient (Wildman–Crippen LogP) is 1.30. The van der Waals surface area contributed by atoms with Crippen LogP contribution in [0.15, 0.2) is 116 Å². The van der Waals surface area contributed by atoms with Gasteiger partial charge in [0.1, 0.15) is 24.5 Å². The SMILES string of the molecule is CC(C)(C)[O-].CC(F)(F)[C@@H](O)Cn1c(-c2ccc(Cl)cc2)nn(CC(=O)O)c1=O.COC(=O)CBr.COC(=O)Cn1nc(-c2ccc(Cl)cc2)n(C[C@H](O)C(F)(F)F)c1=O.O=C(Cn1c(-c2ccc(Cl)cc2)n[nH]c1=O)C(F)(F)F.O=c1[nH]nc(-c2ccc(Cl)cc2)n1C[C@H](O)C(F)(F)F.[K+].[Li+].[OH-]. The van der Waals surface area contributed by atoms with E-state index in [2.05, 4.69) is 50.9 Å². The van der Waals surface area contributed by atoms with Gasteiger partial charge in [0.2, 0.25) is 0 Å². The number of nitrogens with zero attached hydrogens (tertiary/aromatic N) is 10. The van der Waals surface area contributed by atoms with Gasteiger partial charge in [0.05, 0.1) is 40.4 Å². The molecule has 0 bridgehead atoms. The molecule has 0 unspecified atom stereocenters.